The molecule has 0 aliphatic carbocycles. The Labute approximate surface area is 138 Å². The molecule has 1 heterocycles. The molecule has 0 aliphatic heterocycles. The van der Waals surface area contributed by atoms with E-state index in [2.05, 4.69) is 41.5 Å². The first-order valence-corrected chi connectivity index (χ1v) is 8.00. The summed E-state index contributed by atoms with van der Waals surface area (Å²) in [6, 6.07) is 8.14. The zero-order valence-corrected chi connectivity index (χ0v) is 14.7. The summed E-state index contributed by atoms with van der Waals surface area (Å²) in [4.78, 5) is 0. The van der Waals surface area contributed by atoms with Gasteiger partial charge in [0.1, 0.15) is 5.15 Å². The van der Waals surface area contributed by atoms with Gasteiger partial charge in [0.2, 0.25) is 0 Å². The lowest BCUT2D eigenvalue weighted by atomic mass is 9.98. The van der Waals surface area contributed by atoms with E-state index in [1.807, 2.05) is 24.3 Å². The van der Waals surface area contributed by atoms with Crippen molar-refractivity contribution in [1.29, 1.82) is 0 Å². The van der Waals surface area contributed by atoms with Crippen molar-refractivity contribution in [3.63, 3.8) is 0 Å². The third kappa shape index (κ3) is 3.35. The minimum absolute atomic E-state index is 0.232. The molecule has 20 heavy (non-hydrogen) atoms. The first kappa shape index (κ1) is 15.8. The summed E-state index contributed by atoms with van der Waals surface area (Å²) < 4.78 is 2.81. The molecule has 1 N–H and O–H groups in total. The zero-order valence-electron chi connectivity index (χ0n) is 11.8. The minimum atomic E-state index is -0.631. The quantitative estimate of drug-likeness (QED) is 0.780. The standard InChI is InChI=1S/C15H18ClIN2O/c1-9(2)14-13(15(16)19(3)18-14)12(20)8-10-4-6-11(17)7-5-10/h4-7,9,12,20H,8H2,1-3H3. The van der Waals surface area contributed by atoms with Crippen molar-refractivity contribution in [2.24, 2.45) is 7.05 Å². The van der Waals surface area contributed by atoms with Crippen molar-refractivity contribution in [1.82, 2.24) is 9.78 Å². The molecule has 1 aromatic heterocycles. The third-order valence-corrected chi connectivity index (χ3v) is 4.43. The molecule has 0 saturated carbocycles. The Morgan fingerprint density at radius 2 is 1.90 bits per heavy atom. The van der Waals surface area contributed by atoms with Crippen LogP contribution in [0.25, 0.3) is 0 Å². The van der Waals surface area contributed by atoms with Crippen LogP contribution in [0.2, 0.25) is 5.15 Å². The van der Waals surface area contributed by atoms with Crippen LogP contribution >= 0.6 is 34.2 Å². The first-order valence-electron chi connectivity index (χ1n) is 6.55. The summed E-state index contributed by atoms with van der Waals surface area (Å²) in [5, 5.41) is 15.5. The van der Waals surface area contributed by atoms with Gasteiger partial charge in [-0.15, -0.1) is 0 Å². The van der Waals surface area contributed by atoms with Gasteiger partial charge in [-0.25, -0.2) is 0 Å². The van der Waals surface area contributed by atoms with E-state index in [1.54, 1.807) is 11.7 Å². The molecule has 0 saturated heterocycles. The highest BCUT2D eigenvalue weighted by Gasteiger charge is 2.23. The van der Waals surface area contributed by atoms with E-state index in [0.29, 0.717) is 11.6 Å². The number of aryl methyl sites for hydroxylation is 1. The monoisotopic (exact) mass is 404 g/mol. The molecule has 1 aromatic carbocycles. The van der Waals surface area contributed by atoms with Crippen molar-refractivity contribution in [2.45, 2.75) is 32.3 Å². The van der Waals surface area contributed by atoms with E-state index in [0.717, 1.165) is 16.8 Å². The van der Waals surface area contributed by atoms with Gasteiger partial charge in [-0.3, -0.25) is 4.68 Å². The molecule has 1 unspecified atom stereocenters. The number of benzene rings is 1. The molecule has 2 rings (SSSR count). The van der Waals surface area contributed by atoms with Crippen LogP contribution in [-0.2, 0) is 13.5 Å². The maximum Gasteiger partial charge on any atom is 0.132 e. The van der Waals surface area contributed by atoms with E-state index in [4.69, 9.17) is 11.6 Å². The fourth-order valence-electron chi connectivity index (χ4n) is 2.22. The molecule has 0 amide bonds. The lowest BCUT2D eigenvalue weighted by Gasteiger charge is -2.13. The molecular weight excluding hydrogens is 387 g/mol. The largest absolute Gasteiger partial charge is 0.388 e. The van der Waals surface area contributed by atoms with Gasteiger partial charge in [0.25, 0.3) is 0 Å². The summed E-state index contributed by atoms with van der Waals surface area (Å²) in [6.45, 7) is 4.11. The van der Waals surface area contributed by atoms with Crippen molar-refractivity contribution in [3.05, 3.63) is 49.8 Å². The first-order chi connectivity index (χ1) is 9.40. The average Bonchev–Trinajstić information content (AvgIpc) is 2.69. The normalized spacial score (nSPS) is 12.9. The number of hydrogen-bond donors (Lipinski definition) is 1. The van der Waals surface area contributed by atoms with Gasteiger partial charge in [0.05, 0.1) is 11.8 Å². The Kier molecular flexibility index (Phi) is 5.09. The molecule has 108 valence electrons. The molecule has 0 bridgehead atoms. The number of hydrogen-bond acceptors (Lipinski definition) is 2. The van der Waals surface area contributed by atoms with E-state index < -0.39 is 6.10 Å². The van der Waals surface area contributed by atoms with Gasteiger partial charge >= 0.3 is 0 Å². The summed E-state index contributed by atoms with van der Waals surface area (Å²) in [7, 11) is 1.80. The van der Waals surface area contributed by atoms with Crippen LogP contribution < -0.4 is 0 Å². The number of rotatable bonds is 4. The topological polar surface area (TPSA) is 38.0 Å². The maximum absolute atomic E-state index is 10.5. The number of nitrogens with zero attached hydrogens (tertiary/aromatic N) is 2. The number of aromatic nitrogens is 2. The van der Waals surface area contributed by atoms with Crippen LogP contribution in [0.5, 0.6) is 0 Å². The van der Waals surface area contributed by atoms with Gasteiger partial charge in [-0.2, -0.15) is 5.10 Å². The number of aliphatic hydroxyl groups is 1. The molecule has 3 nitrogen and oxygen atoms in total. The average molecular weight is 405 g/mol. The molecule has 5 heteroatoms. The molecule has 1 atom stereocenters. The fourth-order valence-corrected chi connectivity index (χ4v) is 2.84. The van der Waals surface area contributed by atoms with Crippen molar-refractivity contribution in [2.75, 3.05) is 0 Å². The summed E-state index contributed by atoms with van der Waals surface area (Å²) in [5.74, 6) is 0.232. The lowest BCUT2D eigenvalue weighted by Crippen LogP contribution is -2.05. The van der Waals surface area contributed by atoms with Crippen LogP contribution in [0.4, 0.5) is 0 Å². The highest BCUT2D eigenvalue weighted by atomic mass is 127. The highest BCUT2D eigenvalue weighted by Crippen LogP contribution is 2.32. The van der Waals surface area contributed by atoms with E-state index in [-0.39, 0.29) is 5.92 Å². The van der Waals surface area contributed by atoms with Crippen molar-refractivity contribution in [3.8, 4) is 0 Å². The van der Waals surface area contributed by atoms with E-state index in [1.165, 1.54) is 3.57 Å². The van der Waals surface area contributed by atoms with Gasteiger partial charge in [0.15, 0.2) is 0 Å². The maximum atomic E-state index is 10.5. The highest BCUT2D eigenvalue weighted by molar-refractivity contribution is 14.1. The Morgan fingerprint density at radius 1 is 1.30 bits per heavy atom. The number of halogens is 2. The van der Waals surface area contributed by atoms with Crippen LogP contribution in [-0.4, -0.2) is 14.9 Å². The fraction of sp³-hybridized carbons (Fsp3) is 0.400. The summed E-state index contributed by atoms with van der Waals surface area (Å²) in [5.41, 5.74) is 2.71. The molecule has 0 fully saturated rings. The van der Waals surface area contributed by atoms with Gasteiger partial charge in [-0.05, 0) is 46.2 Å². The van der Waals surface area contributed by atoms with E-state index >= 15 is 0 Å². The molecule has 0 spiro atoms. The van der Waals surface area contributed by atoms with Crippen LogP contribution in [0.1, 0.15) is 42.7 Å². The predicted molar refractivity (Wildman–Crippen MR) is 90.1 cm³/mol. The predicted octanol–water partition coefficient (Wildman–Crippen LogP) is 4.08. The van der Waals surface area contributed by atoms with Gasteiger partial charge in [-0.1, -0.05) is 37.6 Å². The minimum Gasteiger partial charge on any atom is -0.388 e. The second-order valence-electron chi connectivity index (χ2n) is 5.21. The molecular formula is C15H18ClIN2O. The smallest absolute Gasteiger partial charge is 0.132 e. The van der Waals surface area contributed by atoms with Crippen molar-refractivity contribution < 1.29 is 5.11 Å². The van der Waals surface area contributed by atoms with E-state index in [9.17, 15) is 5.11 Å². The lowest BCUT2D eigenvalue weighted by molar-refractivity contribution is 0.177. The Balaban J connectivity index is 2.29. The second kappa shape index (κ2) is 6.45. The number of aliphatic hydroxyl groups excluding tert-OH is 1. The van der Waals surface area contributed by atoms with Crippen LogP contribution in [0, 0.1) is 3.57 Å². The molecule has 2 aromatic rings. The third-order valence-electron chi connectivity index (χ3n) is 3.26. The SMILES string of the molecule is CC(C)c1nn(C)c(Cl)c1C(O)Cc1ccc(I)cc1. The van der Waals surface area contributed by atoms with Crippen LogP contribution in [0.3, 0.4) is 0 Å². The Morgan fingerprint density at radius 3 is 2.45 bits per heavy atom. The Bertz CT molecular complexity index is 593. The van der Waals surface area contributed by atoms with Gasteiger partial charge < -0.3 is 5.11 Å². The zero-order chi connectivity index (χ0) is 14.9. The summed E-state index contributed by atoms with van der Waals surface area (Å²) in [6.07, 6.45) is -0.0872. The van der Waals surface area contributed by atoms with Crippen LogP contribution in [0.15, 0.2) is 24.3 Å². The summed E-state index contributed by atoms with van der Waals surface area (Å²) >= 11 is 8.55. The molecule has 0 radical (unpaired) electrons. The van der Waals surface area contributed by atoms with Gasteiger partial charge in [0, 0.05) is 22.6 Å². The Hall–Kier alpha value is -0.590. The van der Waals surface area contributed by atoms with Crippen molar-refractivity contribution >= 4 is 34.2 Å². The molecule has 0 aliphatic rings. The second-order valence-corrected chi connectivity index (χ2v) is 6.82.